The van der Waals surface area contributed by atoms with E-state index in [4.69, 9.17) is 0 Å². The van der Waals surface area contributed by atoms with Gasteiger partial charge in [-0.2, -0.15) is 4.31 Å². The van der Waals surface area contributed by atoms with Crippen LogP contribution in [0.25, 0.3) is 0 Å². The molecule has 0 spiro atoms. The number of benzene rings is 1. The Morgan fingerprint density at radius 3 is 2.25 bits per heavy atom. The Hall–Kier alpha value is -0.990. The van der Waals surface area contributed by atoms with Crippen LogP contribution < -0.4 is 0 Å². The van der Waals surface area contributed by atoms with E-state index in [1.807, 2.05) is 13.8 Å². The van der Waals surface area contributed by atoms with E-state index >= 15 is 0 Å². The number of rotatable bonds is 5. The lowest BCUT2D eigenvalue weighted by molar-refractivity contribution is 0.345. The van der Waals surface area contributed by atoms with Crippen LogP contribution in [0.4, 0.5) is 4.39 Å². The molecule has 24 heavy (non-hydrogen) atoms. The molecular formula is C16H24FNO4S2. The summed E-state index contributed by atoms with van der Waals surface area (Å²) in [7, 11) is -6.92. The van der Waals surface area contributed by atoms with Gasteiger partial charge in [-0.1, -0.05) is 13.8 Å². The van der Waals surface area contributed by atoms with Crippen LogP contribution in [0.2, 0.25) is 0 Å². The van der Waals surface area contributed by atoms with Crippen molar-refractivity contribution in [2.45, 2.75) is 43.8 Å². The molecule has 136 valence electrons. The number of sulfonamides is 1. The number of piperidine rings is 1. The maximum Gasteiger partial charge on any atom is 0.243 e. The quantitative estimate of drug-likeness (QED) is 0.790. The van der Waals surface area contributed by atoms with Gasteiger partial charge in [-0.05, 0) is 49.4 Å². The summed E-state index contributed by atoms with van der Waals surface area (Å²) >= 11 is 0. The molecule has 1 fully saturated rings. The zero-order valence-electron chi connectivity index (χ0n) is 14.2. The molecule has 1 saturated heterocycles. The SMILES string of the molecule is Cc1cc(S(=O)(=O)N2CCC(S(=O)(=O)CC(C)C)CC2)ccc1F. The zero-order chi connectivity index (χ0) is 18.1. The van der Waals surface area contributed by atoms with Gasteiger partial charge in [-0.25, -0.2) is 21.2 Å². The number of hydrogen-bond donors (Lipinski definition) is 0. The van der Waals surface area contributed by atoms with Crippen molar-refractivity contribution in [1.82, 2.24) is 4.31 Å². The van der Waals surface area contributed by atoms with Gasteiger partial charge in [0.25, 0.3) is 0 Å². The number of nitrogens with zero attached hydrogens (tertiary/aromatic N) is 1. The first kappa shape index (κ1) is 19.3. The predicted molar refractivity (Wildman–Crippen MR) is 91.5 cm³/mol. The van der Waals surface area contributed by atoms with Gasteiger partial charge in [0, 0.05) is 13.1 Å². The second kappa shape index (κ2) is 7.09. The van der Waals surface area contributed by atoms with E-state index in [1.165, 1.54) is 23.4 Å². The molecule has 0 bridgehead atoms. The molecule has 0 N–H and O–H groups in total. The lowest BCUT2D eigenvalue weighted by Gasteiger charge is -2.31. The van der Waals surface area contributed by atoms with E-state index in [0.29, 0.717) is 12.8 Å². The number of halogens is 1. The summed E-state index contributed by atoms with van der Waals surface area (Å²) in [5.41, 5.74) is 0.269. The maximum atomic E-state index is 13.3. The molecule has 1 aliphatic rings. The van der Waals surface area contributed by atoms with E-state index in [2.05, 4.69) is 0 Å². The average molecular weight is 378 g/mol. The second-order valence-corrected chi connectivity index (χ2v) is 11.0. The number of hydrogen-bond acceptors (Lipinski definition) is 4. The van der Waals surface area contributed by atoms with Gasteiger partial charge in [0.15, 0.2) is 9.84 Å². The van der Waals surface area contributed by atoms with Crippen molar-refractivity contribution in [1.29, 1.82) is 0 Å². The van der Waals surface area contributed by atoms with Crippen LogP contribution in [-0.2, 0) is 19.9 Å². The maximum absolute atomic E-state index is 13.3. The lowest BCUT2D eigenvalue weighted by atomic mass is 10.2. The van der Waals surface area contributed by atoms with Crippen molar-refractivity contribution in [2.24, 2.45) is 5.92 Å². The van der Waals surface area contributed by atoms with Crippen molar-refractivity contribution in [3.8, 4) is 0 Å². The highest BCUT2D eigenvalue weighted by molar-refractivity contribution is 7.92. The smallest absolute Gasteiger partial charge is 0.229 e. The van der Waals surface area contributed by atoms with Crippen molar-refractivity contribution in [3.63, 3.8) is 0 Å². The van der Waals surface area contributed by atoms with Crippen molar-refractivity contribution < 1.29 is 21.2 Å². The van der Waals surface area contributed by atoms with Crippen LogP contribution in [0.3, 0.4) is 0 Å². The fraction of sp³-hybridized carbons (Fsp3) is 0.625. The van der Waals surface area contributed by atoms with Gasteiger partial charge in [0.1, 0.15) is 5.82 Å². The monoisotopic (exact) mass is 377 g/mol. The summed E-state index contributed by atoms with van der Waals surface area (Å²) in [6, 6.07) is 3.70. The largest absolute Gasteiger partial charge is 0.243 e. The summed E-state index contributed by atoms with van der Waals surface area (Å²) in [6.45, 7) is 5.56. The Balaban J connectivity index is 2.12. The Labute approximate surface area is 143 Å². The first-order chi connectivity index (χ1) is 11.0. The van der Waals surface area contributed by atoms with E-state index in [0.717, 1.165) is 6.07 Å². The van der Waals surface area contributed by atoms with Crippen LogP contribution in [0.15, 0.2) is 23.1 Å². The molecular weight excluding hydrogens is 353 g/mol. The van der Waals surface area contributed by atoms with Gasteiger partial charge < -0.3 is 0 Å². The Bertz CT molecular complexity index is 795. The third kappa shape index (κ3) is 4.15. The van der Waals surface area contributed by atoms with E-state index in [1.54, 1.807) is 0 Å². The highest BCUT2D eigenvalue weighted by Gasteiger charge is 2.35. The number of sulfone groups is 1. The molecule has 0 aliphatic carbocycles. The van der Waals surface area contributed by atoms with Crippen molar-refractivity contribution in [3.05, 3.63) is 29.6 Å². The molecule has 0 amide bonds. The molecule has 0 aromatic heterocycles. The Kier molecular flexibility index (Phi) is 5.71. The standard InChI is InChI=1S/C16H24FNO4S2/c1-12(2)11-23(19,20)14-6-8-18(9-7-14)24(21,22)15-4-5-16(17)13(3)10-15/h4-5,10,12,14H,6-9,11H2,1-3H3. The van der Waals surface area contributed by atoms with Crippen LogP contribution in [0.5, 0.6) is 0 Å². The summed E-state index contributed by atoms with van der Waals surface area (Å²) in [4.78, 5) is 0.0462. The summed E-state index contributed by atoms with van der Waals surface area (Å²) in [5.74, 6) is -0.270. The van der Waals surface area contributed by atoms with Crippen molar-refractivity contribution in [2.75, 3.05) is 18.8 Å². The average Bonchev–Trinajstić information content (AvgIpc) is 2.49. The molecule has 1 aromatic rings. The summed E-state index contributed by atoms with van der Waals surface area (Å²) in [5, 5.41) is -0.485. The molecule has 0 radical (unpaired) electrons. The molecule has 1 heterocycles. The van der Waals surface area contributed by atoms with Gasteiger partial charge >= 0.3 is 0 Å². The third-order valence-corrected chi connectivity index (χ3v) is 8.75. The predicted octanol–water partition coefficient (Wildman–Crippen LogP) is 2.36. The minimum Gasteiger partial charge on any atom is -0.229 e. The molecule has 0 atom stereocenters. The normalized spacial score (nSPS) is 18.2. The first-order valence-corrected chi connectivity index (χ1v) is 11.2. The van der Waals surface area contributed by atoms with Gasteiger partial charge in [0.05, 0.1) is 15.9 Å². The minimum absolute atomic E-state index is 0.0462. The molecule has 0 unspecified atom stereocenters. The van der Waals surface area contributed by atoms with E-state index in [-0.39, 0.29) is 35.2 Å². The lowest BCUT2D eigenvalue weighted by Crippen LogP contribution is -2.43. The van der Waals surface area contributed by atoms with Gasteiger partial charge in [0.2, 0.25) is 10.0 Å². The molecule has 8 heteroatoms. The summed E-state index contributed by atoms with van der Waals surface area (Å²) in [6.07, 6.45) is 0.600. The molecule has 1 aliphatic heterocycles. The highest BCUT2D eigenvalue weighted by Crippen LogP contribution is 2.26. The Morgan fingerprint density at radius 2 is 1.75 bits per heavy atom. The van der Waals surface area contributed by atoms with Crippen LogP contribution in [0.1, 0.15) is 32.3 Å². The minimum atomic E-state index is -3.72. The van der Waals surface area contributed by atoms with Gasteiger partial charge in [-0.3, -0.25) is 0 Å². The topological polar surface area (TPSA) is 71.5 Å². The Morgan fingerprint density at radius 1 is 1.17 bits per heavy atom. The van der Waals surface area contributed by atoms with Crippen molar-refractivity contribution >= 4 is 19.9 Å². The molecule has 0 saturated carbocycles. The van der Waals surface area contributed by atoms with Gasteiger partial charge in [-0.15, -0.1) is 0 Å². The third-order valence-electron chi connectivity index (χ3n) is 4.24. The van der Waals surface area contributed by atoms with E-state index < -0.39 is 30.9 Å². The molecule has 1 aromatic carbocycles. The first-order valence-electron chi connectivity index (χ1n) is 8.02. The fourth-order valence-corrected chi connectivity index (χ4v) is 6.64. The second-order valence-electron chi connectivity index (χ2n) is 6.74. The highest BCUT2D eigenvalue weighted by atomic mass is 32.2. The zero-order valence-corrected chi connectivity index (χ0v) is 15.8. The van der Waals surface area contributed by atoms with Crippen LogP contribution in [0, 0.1) is 18.7 Å². The molecule has 2 rings (SSSR count). The summed E-state index contributed by atoms with van der Waals surface area (Å²) < 4.78 is 64.5. The van der Waals surface area contributed by atoms with Crippen LogP contribution in [-0.4, -0.2) is 45.2 Å². The van der Waals surface area contributed by atoms with E-state index in [9.17, 15) is 21.2 Å². The van der Waals surface area contributed by atoms with Crippen LogP contribution >= 0.6 is 0 Å². The molecule has 5 nitrogen and oxygen atoms in total. The number of aryl methyl sites for hydroxylation is 1. The fourth-order valence-electron chi connectivity index (χ4n) is 2.96.